The van der Waals surface area contributed by atoms with Gasteiger partial charge >= 0.3 is 0 Å². The maximum absolute atomic E-state index is 6.02. The zero-order valence-electron chi connectivity index (χ0n) is 12.5. The Bertz CT molecular complexity index is 588. The summed E-state index contributed by atoms with van der Waals surface area (Å²) in [6, 6.07) is 8.16. The molecule has 0 amide bonds. The number of aliphatic imine (C=N–C) groups is 1. The van der Waals surface area contributed by atoms with Crippen LogP contribution in [0, 0.1) is 0 Å². The molecule has 3 N–H and O–H groups in total. The number of fused-ring (bicyclic) bond motifs is 1. The Kier molecular flexibility index (Phi) is 6.69. The number of para-hydroxylation sites is 1. The molecule has 0 radical (unpaired) electrons. The third-order valence-electron chi connectivity index (χ3n) is 3.64. The van der Waals surface area contributed by atoms with Gasteiger partial charge in [-0.2, -0.15) is 0 Å². The van der Waals surface area contributed by atoms with Crippen molar-refractivity contribution in [2.24, 2.45) is 10.7 Å². The molecule has 1 aliphatic rings. The van der Waals surface area contributed by atoms with Crippen LogP contribution < -0.4 is 11.1 Å². The van der Waals surface area contributed by atoms with Crippen molar-refractivity contribution >= 4 is 56.6 Å². The van der Waals surface area contributed by atoms with Crippen LogP contribution in [0.25, 0.3) is 10.2 Å². The van der Waals surface area contributed by atoms with Crippen molar-refractivity contribution in [1.82, 2.24) is 9.88 Å². The number of aromatic nitrogens is 1. The molecule has 5 nitrogen and oxygen atoms in total. The van der Waals surface area contributed by atoms with E-state index < -0.39 is 0 Å². The summed E-state index contributed by atoms with van der Waals surface area (Å²) >= 11 is 1.67. The normalized spacial score (nSPS) is 15.6. The molecule has 1 aromatic heterocycles. The molecule has 0 bridgehead atoms. The molecule has 0 spiro atoms. The number of thiazole rings is 1. The van der Waals surface area contributed by atoms with Crippen LogP contribution >= 0.6 is 35.3 Å². The van der Waals surface area contributed by atoms with Gasteiger partial charge in [0.1, 0.15) is 0 Å². The fourth-order valence-electron chi connectivity index (χ4n) is 2.50. The maximum atomic E-state index is 6.02. The summed E-state index contributed by atoms with van der Waals surface area (Å²) in [6.45, 7) is 3.52. The molecule has 7 heteroatoms. The summed E-state index contributed by atoms with van der Waals surface area (Å²) in [7, 11) is 0. The van der Waals surface area contributed by atoms with Crippen LogP contribution in [0.15, 0.2) is 29.3 Å². The van der Waals surface area contributed by atoms with Gasteiger partial charge < -0.3 is 16.0 Å². The number of likely N-dealkylation sites (tertiary alicyclic amines) is 1. The number of hydrogen-bond donors (Lipinski definition) is 2. The molecule has 1 fully saturated rings. The average Bonchev–Trinajstić information content (AvgIpc) is 2.95. The standard InChI is InChI=1S/C15H21N5S.HI/c16-14(20-10-4-1-5-11-20)17-8-9-18-15-19-12-6-2-3-7-13(12)21-15;/h2-3,6-7H,1,4-5,8-11H2,(H2,16,17)(H,18,19);1H. The quantitative estimate of drug-likeness (QED) is 0.338. The molecular weight excluding hydrogens is 409 g/mol. The van der Waals surface area contributed by atoms with E-state index in [4.69, 9.17) is 5.73 Å². The molecule has 0 atom stereocenters. The second-order valence-corrected chi connectivity index (χ2v) is 6.23. The first kappa shape index (κ1) is 17.3. The van der Waals surface area contributed by atoms with E-state index >= 15 is 0 Å². The molecule has 2 aromatic rings. The smallest absolute Gasteiger partial charge is 0.191 e. The number of guanidine groups is 1. The first-order valence-electron chi connectivity index (χ1n) is 7.47. The van der Waals surface area contributed by atoms with Gasteiger partial charge in [0.05, 0.1) is 16.8 Å². The average molecular weight is 431 g/mol. The van der Waals surface area contributed by atoms with Gasteiger partial charge in [-0.05, 0) is 31.4 Å². The molecule has 1 aliphatic heterocycles. The molecule has 1 aromatic carbocycles. The Morgan fingerprint density at radius 3 is 2.82 bits per heavy atom. The molecule has 3 rings (SSSR count). The minimum Gasteiger partial charge on any atom is -0.370 e. The second kappa shape index (κ2) is 8.52. The number of halogens is 1. The Morgan fingerprint density at radius 1 is 1.27 bits per heavy atom. The predicted molar refractivity (Wildman–Crippen MR) is 105 cm³/mol. The summed E-state index contributed by atoms with van der Waals surface area (Å²) in [5, 5.41) is 4.27. The van der Waals surface area contributed by atoms with Crippen molar-refractivity contribution in [3.8, 4) is 0 Å². The topological polar surface area (TPSA) is 66.5 Å². The van der Waals surface area contributed by atoms with Gasteiger partial charge in [-0.25, -0.2) is 4.98 Å². The largest absolute Gasteiger partial charge is 0.370 e. The SMILES string of the molecule is I.NC(=NCCNc1nc2ccccc2s1)N1CCCCC1. The van der Waals surface area contributed by atoms with Gasteiger partial charge in [-0.1, -0.05) is 23.5 Å². The minimum atomic E-state index is 0. The van der Waals surface area contributed by atoms with Crippen molar-refractivity contribution in [2.45, 2.75) is 19.3 Å². The van der Waals surface area contributed by atoms with Crippen LogP contribution in [0.5, 0.6) is 0 Å². The third kappa shape index (κ3) is 4.45. The number of nitrogens with zero attached hydrogens (tertiary/aromatic N) is 3. The lowest BCUT2D eigenvalue weighted by Gasteiger charge is -2.27. The molecule has 0 aliphatic carbocycles. The number of hydrogen-bond acceptors (Lipinski definition) is 4. The first-order chi connectivity index (χ1) is 10.3. The zero-order chi connectivity index (χ0) is 14.5. The van der Waals surface area contributed by atoms with E-state index in [2.05, 4.69) is 26.3 Å². The molecule has 120 valence electrons. The van der Waals surface area contributed by atoms with Crippen LogP contribution in [0.3, 0.4) is 0 Å². The minimum absolute atomic E-state index is 0. The highest BCUT2D eigenvalue weighted by molar-refractivity contribution is 14.0. The highest BCUT2D eigenvalue weighted by Gasteiger charge is 2.11. The van der Waals surface area contributed by atoms with E-state index in [9.17, 15) is 0 Å². The van der Waals surface area contributed by atoms with Crippen molar-refractivity contribution < 1.29 is 0 Å². The van der Waals surface area contributed by atoms with Crippen molar-refractivity contribution in [2.75, 3.05) is 31.5 Å². The molecular formula is C15H22IN5S. The van der Waals surface area contributed by atoms with Crippen molar-refractivity contribution in [3.05, 3.63) is 24.3 Å². The zero-order valence-corrected chi connectivity index (χ0v) is 15.6. The highest BCUT2D eigenvalue weighted by atomic mass is 127. The van der Waals surface area contributed by atoms with E-state index in [1.54, 1.807) is 11.3 Å². The van der Waals surface area contributed by atoms with Gasteiger partial charge in [0, 0.05) is 19.6 Å². The fraction of sp³-hybridized carbons (Fsp3) is 0.467. The van der Waals surface area contributed by atoms with Gasteiger partial charge in [-0.3, -0.25) is 4.99 Å². The van der Waals surface area contributed by atoms with E-state index in [1.165, 1.54) is 24.0 Å². The van der Waals surface area contributed by atoms with Crippen LogP contribution in [0.2, 0.25) is 0 Å². The lowest BCUT2D eigenvalue weighted by molar-refractivity contribution is 0.338. The van der Waals surface area contributed by atoms with E-state index in [0.717, 1.165) is 30.3 Å². The third-order valence-corrected chi connectivity index (χ3v) is 4.63. The van der Waals surface area contributed by atoms with Gasteiger partial charge in [-0.15, -0.1) is 24.0 Å². The molecule has 2 heterocycles. The molecule has 22 heavy (non-hydrogen) atoms. The van der Waals surface area contributed by atoms with E-state index in [-0.39, 0.29) is 24.0 Å². The number of anilines is 1. The van der Waals surface area contributed by atoms with Crippen LogP contribution in [0.4, 0.5) is 5.13 Å². The number of rotatable bonds is 4. The number of nitrogens with two attached hydrogens (primary N) is 1. The first-order valence-corrected chi connectivity index (χ1v) is 8.29. The van der Waals surface area contributed by atoms with E-state index in [1.807, 2.05) is 18.2 Å². The molecule has 1 saturated heterocycles. The van der Waals surface area contributed by atoms with Crippen molar-refractivity contribution in [3.63, 3.8) is 0 Å². The molecule has 0 unspecified atom stereocenters. The number of benzene rings is 1. The van der Waals surface area contributed by atoms with Gasteiger partial charge in [0.2, 0.25) is 0 Å². The van der Waals surface area contributed by atoms with Gasteiger partial charge in [0.25, 0.3) is 0 Å². The summed E-state index contributed by atoms with van der Waals surface area (Å²) < 4.78 is 1.20. The Hall–Kier alpha value is -1.09. The number of nitrogens with one attached hydrogen (secondary N) is 1. The van der Waals surface area contributed by atoms with E-state index in [0.29, 0.717) is 12.5 Å². The fourth-order valence-corrected chi connectivity index (χ4v) is 3.40. The van der Waals surface area contributed by atoms with Gasteiger partial charge in [0.15, 0.2) is 11.1 Å². The van der Waals surface area contributed by atoms with Crippen LogP contribution in [0.1, 0.15) is 19.3 Å². The predicted octanol–water partition coefficient (Wildman–Crippen LogP) is 3.13. The maximum Gasteiger partial charge on any atom is 0.191 e. The second-order valence-electron chi connectivity index (χ2n) is 5.20. The summed E-state index contributed by atoms with van der Waals surface area (Å²) in [6.07, 6.45) is 3.75. The Morgan fingerprint density at radius 2 is 2.05 bits per heavy atom. The van der Waals surface area contributed by atoms with Crippen molar-refractivity contribution in [1.29, 1.82) is 0 Å². The molecule has 0 saturated carbocycles. The lowest BCUT2D eigenvalue weighted by atomic mass is 10.1. The van der Waals surface area contributed by atoms with Crippen LogP contribution in [-0.2, 0) is 0 Å². The summed E-state index contributed by atoms with van der Waals surface area (Å²) in [5.74, 6) is 0.681. The number of piperidine rings is 1. The Labute approximate surface area is 152 Å². The summed E-state index contributed by atoms with van der Waals surface area (Å²) in [4.78, 5) is 11.2. The summed E-state index contributed by atoms with van der Waals surface area (Å²) in [5.41, 5.74) is 7.07. The Balaban J connectivity index is 0.00000176. The monoisotopic (exact) mass is 431 g/mol. The van der Waals surface area contributed by atoms with Crippen LogP contribution in [-0.4, -0.2) is 42.0 Å². The lowest BCUT2D eigenvalue weighted by Crippen LogP contribution is -2.41. The highest BCUT2D eigenvalue weighted by Crippen LogP contribution is 2.24.